The van der Waals surface area contributed by atoms with Crippen molar-refractivity contribution in [3.05, 3.63) is 59.0 Å². The van der Waals surface area contributed by atoms with E-state index in [1.165, 1.54) is 19.2 Å². The molecular weight excluding hydrogens is 319 g/mol. The molecule has 1 aromatic heterocycles. The van der Waals surface area contributed by atoms with E-state index >= 15 is 0 Å². The normalized spacial score (nSPS) is 10.7. The molecule has 0 bridgehead atoms. The van der Waals surface area contributed by atoms with Crippen molar-refractivity contribution in [2.45, 2.75) is 6.42 Å². The second-order valence-corrected chi connectivity index (χ2v) is 5.51. The van der Waals surface area contributed by atoms with Crippen molar-refractivity contribution in [3.8, 4) is 5.75 Å². The zero-order valence-corrected chi connectivity index (χ0v) is 13.1. The highest BCUT2D eigenvalue weighted by atomic mass is 35.5. The summed E-state index contributed by atoms with van der Waals surface area (Å²) in [5.74, 6) is -0.0567. The Balaban J connectivity index is 1.81. The first-order valence-corrected chi connectivity index (χ1v) is 7.33. The lowest BCUT2D eigenvalue weighted by atomic mass is 10.1. The SMILES string of the molecule is COc1ccc(Cl)cc1NC(=O)Cc1c[nH]c2ccc(F)cc12. The van der Waals surface area contributed by atoms with Gasteiger partial charge in [0.2, 0.25) is 5.91 Å². The molecule has 0 aliphatic heterocycles. The van der Waals surface area contributed by atoms with Crippen LogP contribution in [-0.4, -0.2) is 18.0 Å². The average molecular weight is 333 g/mol. The molecule has 2 aromatic carbocycles. The topological polar surface area (TPSA) is 54.1 Å². The maximum absolute atomic E-state index is 13.4. The van der Waals surface area contributed by atoms with Crippen molar-refractivity contribution in [2.75, 3.05) is 12.4 Å². The van der Waals surface area contributed by atoms with E-state index in [1.54, 1.807) is 30.5 Å². The number of carbonyl (C=O) groups excluding carboxylic acids is 1. The predicted molar refractivity (Wildman–Crippen MR) is 88.6 cm³/mol. The predicted octanol–water partition coefficient (Wildman–Crippen LogP) is 4.15. The summed E-state index contributed by atoms with van der Waals surface area (Å²) in [6.07, 6.45) is 1.82. The number of hydrogen-bond donors (Lipinski definition) is 2. The van der Waals surface area contributed by atoms with Gasteiger partial charge in [0, 0.05) is 22.1 Å². The van der Waals surface area contributed by atoms with Crippen LogP contribution in [0.1, 0.15) is 5.56 Å². The lowest BCUT2D eigenvalue weighted by Gasteiger charge is -2.10. The van der Waals surface area contributed by atoms with Gasteiger partial charge in [0.1, 0.15) is 11.6 Å². The first-order chi connectivity index (χ1) is 11.1. The summed E-state index contributed by atoms with van der Waals surface area (Å²) in [4.78, 5) is 15.3. The van der Waals surface area contributed by atoms with Crippen molar-refractivity contribution < 1.29 is 13.9 Å². The fourth-order valence-electron chi connectivity index (χ4n) is 2.44. The van der Waals surface area contributed by atoms with Crippen molar-refractivity contribution in [2.24, 2.45) is 0 Å². The molecule has 1 amide bonds. The summed E-state index contributed by atoms with van der Waals surface area (Å²) in [5.41, 5.74) is 2.00. The average Bonchev–Trinajstić information content (AvgIpc) is 2.90. The summed E-state index contributed by atoms with van der Waals surface area (Å²) in [6, 6.07) is 9.41. The molecule has 0 saturated heterocycles. The largest absolute Gasteiger partial charge is 0.495 e. The fraction of sp³-hybridized carbons (Fsp3) is 0.118. The maximum atomic E-state index is 13.4. The van der Waals surface area contributed by atoms with Crippen LogP contribution < -0.4 is 10.1 Å². The maximum Gasteiger partial charge on any atom is 0.228 e. The van der Waals surface area contributed by atoms with Gasteiger partial charge in [-0.15, -0.1) is 0 Å². The molecular formula is C17H14ClFN2O2. The second-order valence-electron chi connectivity index (χ2n) is 5.07. The Morgan fingerprint density at radius 1 is 1.30 bits per heavy atom. The van der Waals surface area contributed by atoms with E-state index in [0.717, 1.165) is 11.1 Å². The van der Waals surface area contributed by atoms with E-state index in [1.807, 2.05) is 0 Å². The Morgan fingerprint density at radius 2 is 2.13 bits per heavy atom. The van der Waals surface area contributed by atoms with Gasteiger partial charge in [0.25, 0.3) is 0 Å². The Kier molecular flexibility index (Phi) is 4.21. The third-order valence-corrected chi connectivity index (χ3v) is 3.75. The van der Waals surface area contributed by atoms with Crippen LogP contribution in [0.5, 0.6) is 5.75 Å². The van der Waals surface area contributed by atoms with Gasteiger partial charge in [-0.05, 0) is 42.0 Å². The molecule has 0 saturated carbocycles. The number of fused-ring (bicyclic) bond motifs is 1. The minimum absolute atomic E-state index is 0.110. The number of aromatic amines is 1. The molecule has 1 heterocycles. The van der Waals surface area contributed by atoms with Gasteiger partial charge < -0.3 is 15.0 Å². The third-order valence-electron chi connectivity index (χ3n) is 3.52. The lowest BCUT2D eigenvalue weighted by Crippen LogP contribution is -2.14. The molecule has 0 unspecified atom stereocenters. The van der Waals surface area contributed by atoms with E-state index in [0.29, 0.717) is 21.8 Å². The number of aromatic nitrogens is 1. The molecule has 118 valence electrons. The number of benzene rings is 2. The van der Waals surface area contributed by atoms with Gasteiger partial charge in [-0.1, -0.05) is 11.6 Å². The van der Waals surface area contributed by atoms with Crippen LogP contribution in [0.3, 0.4) is 0 Å². The van der Waals surface area contributed by atoms with E-state index in [9.17, 15) is 9.18 Å². The van der Waals surface area contributed by atoms with Gasteiger partial charge in [0.05, 0.1) is 19.2 Å². The molecule has 3 rings (SSSR count). The molecule has 0 atom stereocenters. The van der Waals surface area contributed by atoms with Crippen molar-refractivity contribution in [1.29, 1.82) is 0 Å². The number of halogens is 2. The standard InChI is InChI=1S/C17H14ClFN2O2/c1-23-16-5-2-11(18)7-15(16)21-17(22)6-10-9-20-14-4-3-12(19)8-13(10)14/h2-5,7-9,20H,6H2,1H3,(H,21,22). The van der Waals surface area contributed by atoms with Crippen LogP contribution in [0.15, 0.2) is 42.6 Å². The number of rotatable bonds is 4. The lowest BCUT2D eigenvalue weighted by molar-refractivity contribution is -0.115. The van der Waals surface area contributed by atoms with Gasteiger partial charge in [-0.3, -0.25) is 4.79 Å². The van der Waals surface area contributed by atoms with Crippen LogP contribution in [0.2, 0.25) is 5.02 Å². The van der Waals surface area contributed by atoms with Crippen molar-refractivity contribution in [1.82, 2.24) is 4.98 Å². The van der Waals surface area contributed by atoms with Crippen molar-refractivity contribution >= 4 is 34.1 Å². The third kappa shape index (κ3) is 3.29. The highest BCUT2D eigenvalue weighted by Crippen LogP contribution is 2.28. The number of nitrogens with one attached hydrogen (secondary N) is 2. The summed E-state index contributed by atoms with van der Waals surface area (Å²) >= 11 is 5.94. The van der Waals surface area contributed by atoms with Gasteiger partial charge >= 0.3 is 0 Å². The Hall–Kier alpha value is -2.53. The van der Waals surface area contributed by atoms with Crippen LogP contribution in [0, 0.1) is 5.82 Å². The highest BCUT2D eigenvalue weighted by molar-refractivity contribution is 6.31. The van der Waals surface area contributed by atoms with Crippen LogP contribution in [-0.2, 0) is 11.2 Å². The van der Waals surface area contributed by atoms with E-state index in [4.69, 9.17) is 16.3 Å². The molecule has 3 aromatic rings. The first-order valence-electron chi connectivity index (χ1n) is 6.95. The van der Waals surface area contributed by atoms with Crippen LogP contribution >= 0.6 is 11.6 Å². The molecule has 0 radical (unpaired) electrons. The quantitative estimate of drug-likeness (QED) is 0.754. The number of carbonyl (C=O) groups is 1. The summed E-state index contributed by atoms with van der Waals surface area (Å²) in [7, 11) is 1.52. The zero-order chi connectivity index (χ0) is 16.4. The smallest absolute Gasteiger partial charge is 0.228 e. The minimum Gasteiger partial charge on any atom is -0.495 e. The summed E-state index contributed by atoms with van der Waals surface area (Å²) in [6.45, 7) is 0. The number of hydrogen-bond acceptors (Lipinski definition) is 2. The van der Waals surface area contributed by atoms with Crippen LogP contribution in [0.25, 0.3) is 10.9 Å². The Bertz CT molecular complexity index is 876. The van der Waals surface area contributed by atoms with Gasteiger partial charge in [-0.2, -0.15) is 0 Å². The van der Waals surface area contributed by atoms with Crippen LogP contribution in [0.4, 0.5) is 10.1 Å². The molecule has 0 aliphatic rings. The highest BCUT2D eigenvalue weighted by Gasteiger charge is 2.12. The molecule has 0 aliphatic carbocycles. The zero-order valence-electron chi connectivity index (χ0n) is 12.3. The molecule has 6 heteroatoms. The van der Waals surface area contributed by atoms with E-state index < -0.39 is 0 Å². The number of amides is 1. The Labute approximate surface area is 137 Å². The summed E-state index contributed by atoms with van der Waals surface area (Å²) < 4.78 is 18.6. The summed E-state index contributed by atoms with van der Waals surface area (Å²) in [5, 5.41) is 3.95. The number of ether oxygens (including phenoxy) is 1. The monoisotopic (exact) mass is 332 g/mol. The fourth-order valence-corrected chi connectivity index (χ4v) is 2.61. The number of anilines is 1. The first kappa shape index (κ1) is 15.4. The molecule has 2 N–H and O–H groups in total. The van der Waals surface area contributed by atoms with E-state index in [-0.39, 0.29) is 18.1 Å². The molecule has 4 nitrogen and oxygen atoms in total. The molecule has 0 spiro atoms. The molecule has 23 heavy (non-hydrogen) atoms. The number of methoxy groups -OCH3 is 1. The van der Waals surface area contributed by atoms with Gasteiger partial charge in [0.15, 0.2) is 0 Å². The Morgan fingerprint density at radius 3 is 2.91 bits per heavy atom. The molecule has 0 fully saturated rings. The van der Waals surface area contributed by atoms with E-state index in [2.05, 4.69) is 10.3 Å². The number of H-pyrrole nitrogens is 1. The van der Waals surface area contributed by atoms with Gasteiger partial charge in [-0.25, -0.2) is 4.39 Å². The van der Waals surface area contributed by atoms with Crippen molar-refractivity contribution in [3.63, 3.8) is 0 Å². The second kappa shape index (κ2) is 6.30. The minimum atomic E-state index is -0.338.